The van der Waals surface area contributed by atoms with E-state index in [0.717, 1.165) is 13.0 Å². The van der Waals surface area contributed by atoms with Gasteiger partial charge in [-0.3, -0.25) is 0 Å². The number of hydrogen-bond acceptors (Lipinski definition) is 2. The van der Waals surface area contributed by atoms with Gasteiger partial charge in [0.2, 0.25) is 0 Å². The van der Waals surface area contributed by atoms with Gasteiger partial charge in [-0.1, -0.05) is 19.4 Å². The van der Waals surface area contributed by atoms with Crippen molar-refractivity contribution in [1.29, 1.82) is 0 Å². The summed E-state index contributed by atoms with van der Waals surface area (Å²) in [4.78, 5) is 0. The molecule has 0 saturated carbocycles. The number of nitrogens with one attached hydrogen (secondary N) is 1. The maximum atomic E-state index is 5.47. The van der Waals surface area contributed by atoms with Crippen LogP contribution in [0.4, 0.5) is 0 Å². The molecule has 76 valence electrons. The fraction of sp³-hybridized carbons (Fsp3) is 0.778. The first kappa shape index (κ1) is 14.4. The van der Waals surface area contributed by atoms with Gasteiger partial charge >= 0.3 is 0 Å². The van der Waals surface area contributed by atoms with E-state index in [4.69, 9.17) is 5.73 Å². The van der Waals surface area contributed by atoms with E-state index in [0.29, 0.717) is 6.04 Å². The lowest BCUT2D eigenvalue weighted by molar-refractivity contribution is 0.618. The molecule has 0 aromatic rings. The maximum absolute atomic E-state index is 5.47. The monoisotopic (exact) mass is 192 g/mol. The van der Waals surface area contributed by atoms with E-state index < -0.39 is 0 Å². The third kappa shape index (κ3) is 4.02. The summed E-state index contributed by atoms with van der Waals surface area (Å²) in [7, 11) is 0. The first-order valence-corrected chi connectivity index (χ1v) is 4.37. The van der Waals surface area contributed by atoms with Gasteiger partial charge in [0.25, 0.3) is 0 Å². The molecule has 0 bridgehead atoms. The van der Waals surface area contributed by atoms with E-state index in [-0.39, 0.29) is 14.9 Å². The van der Waals surface area contributed by atoms with Crippen molar-refractivity contribution in [2.24, 2.45) is 5.73 Å². The Morgan fingerprint density at radius 2 is 2.00 bits per heavy atom. The van der Waals surface area contributed by atoms with Crippen molar-refractivity contribution in [2.45, 2.75) is 40.2 Å². The molecule has 0 aromatic heterocycles. The molecule has 3 heteroatoms. The summed E-state index contributed by atoms with van der Waals surface area (Å²) >= 11 is 0. The third-order valence-electron chi connectivity index (χ3n) is 1.90. The Balaban J connectivity index is -0.000000234. The van der Waals surface area contributed by atoms with Crippen LogP contribution in [0.1, 0.15) is 35.5 Å². The molecule has 0 radical (unpaired) electrons. The molecule has 0 fully saturated rings. The van der Waals surface area contributed by atoms with E-state index in [1.807, 2.05) is 13.8 Å². The lowest BCUT2D eigenvalue weighted by Crippen LogP contribution is -2.30. The Morgan fingerprint density at radius 1 is 1.50 bits per heavy atom. The van der Waals surface area contributed by atoms with Gasteiger partial charge in [0.1, 0.15) is 0 Å². The molecule has 1 heterocycles. The summed E-state index contributed by atoms with van der Waals surface area (Å²) in [5.41, 5.74) is 8.23. The molecule has 1 aliphatic heterocycles. The standard InChI is InChI=1S/C7H14N2.C2H6.H2S.H2/c1-5-3-7(4-8)9-6(5)2;1-2;;/h7,9H,3-4,8H2,1-2H3;1-2H3;1H2;1H. The van der Waals surface area contributed by atoms with Crippen LogP contribution in [0.15, 0.2) is 11.3 Å². The molecule has 3 N–H and O–H groups in total. The highest BCUT2D eigenvalue weighted by Gasteiger charge is 2.15. The highest BCUT2D eigenvalue weighted by molar-refractivity contribution is 7.59. The maximum Gasteiger partial charge on any atom is 0.0418 e. The first-order chi connectivity index (χ1) is 5.24. The van der Waals surface area contributed by atoms with Crippen molar-refractivity contribution in [2.75, 3.05) is 6.54 Å². The second kappa shape index (κ2) is 7.50. The van der Waals surface area contributed by atoms with Gasteiger partial charge < -0.3 is 11.1 Å². The number of hydrogen-bond donors (Lipinski definition) is 2. The van der Waals surface area contributed by atoms with Crippen LogP contribution in [0, 0.1) is 0 Å². The summed E-state index contributed by atoms with van der Waals surface area (Å²) in [6.07, 6.45) is 1.13. The second-order valence-corrected chi connectivity index (χ2v) is 2.69. The minimum absolute atomic E-state index is 0. The van der Waals surface area contributed by atoms with Crippen LogP contribution in [-0.4, -0.2) is 12.6 Å². The predicted molar refractivity (Wildman–Crippen MR) is 62.8 cm³/mol. The van der Waals surface area contributed by atoms with Gasteiger partial charge in [0.05, 0.1) is 0 Å². The summed E-state index contributed by atoms with van der Waals surface area (Å²) < 4.78 is 0. The van der Waals surface area contributed by atoms with E-state index in [1.165, 1.54) is 11.3 Å². The van der Waals surface area contributed by atoms with E-state index in [1.54, 1.807) is 0 Å². The van der Waals surface area contributed by atoms with Gasteiger partial charge in [-0.2, -0.15) is 13.5 Å². The quantitative estimate of drug-likeness (QED) is 0.667. The average Bonchev–Trinajstić information content (AvgIpc) is 2.36. The van der Waals surface area contributed by atoms with Crippen LogP contribution < -0.4 is 11.1 Å². The Kier molecular flexibility index (Phi) is 8.98. The zero-order valence-electron chi connectivity index (χ0n) is 8.57. The van der Waals surface area contributed by atoms with Crippen molar-refractivity contribution >= 4 is 13.5 Å². The Morgan fingerprint density at radius 3 is 2.17 bits per heavy atom. The first-order valence-electron chi connectivity index (χ1n) is 4.37. The van der Waals surface area contributed by atoms with E-state index in [2.05, 4.69) is 19.2 Å². The minimum Gasteiger partial charge on any atom is -0.384 e. The summed E-state index contributed by atoms with van der Waals surface area (Å²) in [6.45, 7) is 9.00. The lowest BCUT2D eigenvalue weighted by atomic mass is 10.1. The van der Waals surface area contributed by atoms with Crippen LogP contribution >= 0.6 is 13.5 Å². The molecule has 0 spiro atoms. The number of nitrogens with two attached hydrogens (primary N) is 1. The highest BCUT2D eigenvalue weighted by atomic mass is 32.1. The van der Waals surface area contributed by atoms with Crippen molar-refractivity contribution < 1.29 is 1.43 Å². The lowest BCUT2D eigenvalue weighted by Gasteiger charge is -2.07. The molecule has 2 nitrogen and oxygen atoms in total. The molecular weight excluding hydrogens is 168 g/mol. The van der Waals surface area contributed by atoms with Crippen molar-refractivity contribution in [3.63, 3.8) is 0 Å². The molecule has 1 atom stereocenters. The zero-order valence-corrected chi connectivity index (χ0v) is 9.57. The fourth-order valence-corrected chi connectivity index (χ4v) is 1.15. The zero-order chi connectivity index (χ0) is 8.85. The summed E-state index contributed by atoms with van der Waals surface area (Å²) in [5.74, 6) is 0. The molecule has 1 rings (SSSR count). The van der Waals surface area contributed by atoms with Gasteiger partial charge in [0, 0.05) is 19.7 Å². The minimum atomic E-state index is 0. The highest BCUT2D eigenvalue weighted by Crippen LogP contribution is 2.15. The van der Waals surface area contributed by atoms with Crippen molar-refractivity contribution in [1.82, 2.24) is 5.32 Å². The molecule has 0 amide bonds. The largest absolute Gasteiger partial charge is 0.384 e. The van der Waals surface area contributed by atoms with E-state index in [9.17, 15) is 0 Å². The van der Waals surface area contributed by atoms with Crippen molar-refractivity contribution in [3.05, 3.63) is 11.3 Å². The molecule has 1 aliphatic rings. The number of allylic oxidation sites excluding steroid dienone is 1. The molecular formula is C9H24N2S. The van der Waals surface area contributed by atoms with Crippen LogP contribution in [0.3, 0.4) is 0 Å². The Labute approximate surface area is 84.5 Å². The SMILES string of the molecule is CC.CC1=C(C)NC(CN)C1.S.[HH]. The normalized spacial score (nSPS) is 20.6. The molecule has 12 heavy (non-hydrogen) atoms. The third-order valence-corrected chi connectivity index (χ3v) is 1.90. The van der Waals surface area contributed by atoms with Gasteiger partial charge in [0.15, 0.2) is 0 Å². The summed E-state index contributed by atoms with van der Waals surface area (Å²) in [6, 6.07) is 0.505. The average molecular weight is 192 g/mol. The van der Waals surface area contributed by atoms with Crippen LogP contribution in [-0.2, 0) is 0 Å². The van der Waals surface area contributed by atoms with Gasteiger partial charge in [-0.15, -0.1) is 0 Å². The Hall–Kier alpha value is -0.150. The molecule has 0 aliphatic carbocycles. The smallest absolute Gasteiger partial charge is 0.0418 e. The number of rotatable bonds is 1. The van der Waals surface area contributed by atoms with Gasteiger partial charge in [-0.25, -0.2) is 0 Å². The topological polar surface area (TPSA) is 38.0 Å². The molecule has 0 aromatic carbocycles. The van der Waals surface area contributed by atoms with Crippen LogP contribution in [0.5, 0.6) is 0 Å². The summed E-state index contributed by atoms with van der Waals surface area (Å²) in [5, 5.41) is 3.31. The molecule has 0 saturated heterocycles. The second-order valence-electron chi connectivity index (χ2n) is 2.69. The fourth-order valence-electron chi connectivity index (χ4n) is 1.15. The molecule has 1 unspecified atom stereocenters. The van der Waals surface area contributed by atoms with E-state index >= 15 is 0 Å². The van der Waals surface area contributed by atoms with Gasteiger partial charge in [-0.05, 0) is 20.3 Å². The Bertz CT molecular complexity index is 135. The predicted octanol–water partition coefficient (Wildman–Crippen LogP) is 1.99. The van der Waals surface area contributed by atoms with Crippen LogP contribution in [0.2, 0.25) is 0 Å². The van der Waals surface area contributed by atoms with Crippen molar-refractivity contribution in [3.8, 4) is 0 Å². The van der Waals surface area contributed by atoms with Crippen LogP contribution in [0.25, 0.3) is 0 Å².